The molecular weight excluding hydrogens is 339 g/mol. The third kappa shape index (κ3) is 6.04. The number of alkyl halides is 3. The Morgan fingerprint density at radius 2 is 1.96 bits per heavy atom. The fraction of sp³-hybridized carbons (Fsp3) is 0.529. The predicted molar refractivity (Wildman–Crippen MR) is 83.3 cm³/mol. The number of carboxylic acid groups (broad SMARTS) is 1. The second-order valence-electron chi connectivity index (χ2n) is 6.08. The van der Waals surface area contributed by atoms with Gasteiger partial charge in [-0.25, -0.2) is 4.79 Å². The largest absolute Gasteiger partial charge is 0.480 e. The Hall–Kier alpha value is -2.09. The summed E-state index contributed by atoms with van der Waals surface area (Å²) >= 11 is 0. The van der Waals surface area contributed by atoms with Gasteiger partial charge in [-0.3, -0.25) is 4.79 Å². The molecule has 0 aromatic heterocycles. The molecule has 0 bridgehead atoms. The van der Waals surface area contributed by atoms with E-state index in [1.165, 1.54) is 24.3 Å². The molecule has 0 spiro atoms. The normalized spacial score (nSPS) is 19.2. The number of hydrogen-bond donors (Lipinski definition) is 2. The summed E-state index contributed by atoms with van der Waals surface area (Å²) in [6, 6.07) is 4.63. The molecule has 8 heteroatoms. The molecule has 1 aliphatic heterocycles. The maximum atomic E-state index is 12.2. The Labute approximate surface area is 143 Å². The fourth-order valence-electron chi connectivity index (χ4n) is 2.74. The number of nitrogens with one attached hydrogen (secondary N) is 1. The average Bonchev–Trinajstić information content (AvgIpc) is 2.58. The van der Waals surface area contributed by atoms with E-state index in [1.807, 2.05) is 0 Å². The zero-order chi connectivity index (χ0) is 18.4. The first-order chi connectivity index (χ1) is 11.8. The van der Waals surface area contributed by atoms with E-state index in [2.05, 4.69) is 5.32 Å². The minimum absolute atomic E-state index is 0.164. The molecule has 2 N–H and O–H groups in total. The van der Waals surface area contributed by atoms with Gasteiger partial charge in [0, 0.05) is 24.5 Å². The van der Waals surface area contributed by atoms with Gasteiger partial charge in [-0.1, -0.05) is 12.1 Å². The number of ether oxygens (including phenoxy) is 1. The molecule has 1 amide bonds. The Kier molecular flexibility index (Phi) is 6.41. The van der Waals surface area contributed by atoms with Gasteiger partial charge in [0.1, 0.15) is 6.04 Å². The molecule has 138 valence electrons. The summed E-state index contributed by atoms with van der Waals surface area (Å²) in [6.07, 6.45) is -3.94. The van der Waals surface area contributed by atoms with Crippen LogP contribution in [-0.4, -0.2) is 42.4 Å². The lowest BCUT2D eigenvalue weighted by molar-refractivity contribution is -0.142. The number of benzene rings is 1. The summed E-state index contributed by atoms with van der Waals surface area (Å²) in [7, 11) is 0. The van der Waals surface area contributed by atoms with Gasteiger partial charge in [0.25, 0.3) is 5.91 Å². The summed E-state index contributed by atoms with van der Waals surface area (Å²) < 4.78 is 41.9. The smallest absolute Gasteiger partial charge is 0.389 e. The molecule has 25 heavy (non-hydrogen) atoms. The molecular formula is C17H20F3NO4. The summed E-state index contributed by atoms with van der Waals surface area (Å²) in [5.41, 5.74) is 0.670. The summed E-state index contributed by atoms with van der Waals surface area (Å²) in [6.45, 7) is 0.851. The molecule has 2 atom stereocenters. The maximum absolute atomic E-state index is 12.2. The number of aryl methyl sites for hydroxylation is 1. The van der Waals surface area contributed by atoms with Crippen molar-refractivity contribution in [2.45, 2.75) is 37.9 Å². The number of aliphatic carboxylic acids is 1. The summed E-state index contributed by atoms with van der Waals surface area (Å²) in [5.74, 6) is -2.01. The van der Waals surface area contributed by atoms with Crippen LogP contribution in [0.2, 0.25) is 0 Å². The van der Waals surface area contributed by atoms with E-state index in [0.717, 1.165) is 6.42 Å². The first-order valence-electron chi connectivity index (χ1n) is 8.03. The second-order valence-corrected chi connectivity index (χ2v) is 6.08. The van der Waals surface area contributed by atoms with Gasteiger partial charge in [-0.05, 0) is 37.0 Å². The number of hydrogen-bond acceptors (Lipinski definition) is 3. The lowest BCUT2D eigenvalue weighted by Gasteiger charge is -2.28. The van der Waals surface area contributed by atoms with Crippen molar-refractivity contribution in [3.05, 3.63) is 35.4 Å². The van der Waals surface area contributed by atoms with Gasteiger partial charge >= 0.3 is 12.1 Å². The van der Waals surface area contributed by atoms with Crippen molar-refractivity contribution < 1.29 is 32.6 Å². The lowest BCUT2D eigenvalue weighted by atomic mass is 9.93. The van der Waals surface area contributed by atoms with E-state index in [9.17, 15) is 27.9 Å². The Bertz CT molecular complexity index is 595. The van der Waals surface area contributed by atoms with E-state index in [0.29, 0.717) is 18.6 Å². The number of carboxylic acids is 1. The maximum Gasteiger partial charge on any atom is 0.389 e. The van der Waals surface area contributed by atoms with E-state index >= 15 is 0 Å². The Balaban J connectivity index is 1.97. The zero-order valence-corrected chi connectivity index (χ0v) is 13.5. The molecule has 2 unspecified atom stereocenters. The van der Waals surface area contributed by atoms with E-state index in [4.69, 9.17) is 4.74 Å². The number of halogens is 3. The van der Waals surface area contributed by atoms with Gasteiger partial charge in [-0.15, -0.1) is 0 Å². The van der Waals surface area contributed by atoms with Crippen molar-refractivity contribution >= 4 is 11.9 Å². The number of carbonyl (C=O) groups excluding carboxylic acids is 1. The van der Waals surface area contributed by atoms with Gasteiger partial charge < -0.3 is 15.2 Å². The van der Waals surface area contributed by atoms with Crippen molar-refractivity contribution in [3.8, 4) is 0 Å². The topological polar surface area (TPSA) is 75.6 Å². The van der Waals surface area contributed by atoms with Crippen LogP contribution in [0.4, 0.5) is 13.2 Å². The highest BCUT2D eigenvalue weighted by Crippen LogP contribution is 2.22. The average molecular weight is 359 g/mol. The molecule has 2 rings (SSSR count). The van der Waals surface area contributed by atoms with Crippen molar-refractivity contribution in [2.24, 2.45) is 5.92 Å². The van der Waals surface area contributed by atoms with Gasteiger partial charge in [0.05, 0.1) is 6.61 Å². The highest BCUT2D eigenvalue weighted by Gasteiger charge is 2.31. The second kappa shape index (κ2) is 8.33. The highest BCUT2D eigenvalue weighted by atomic mass is 19.4. The van der Waals surface area contributed by atoms with Crippen LogP contribution in [0.15, 0.2) is 24.3 Å². The molecule has 0 radical (unpaired) electrons. The van der Waals surface area contributed by atoms with Gasteiger partial charge in [0.15, 0.2) is 0 Å². The number of rotatable bonds is 6. The van der Waals surface area contributed by atoms with E-state index in [1.54, 1.807) is 0 Å². The third-order valence-electron chi connectivity index (χ3n) is 4.13. The Morgan fingerprint density at radius 1 is 1.28 bits per heavy atom. The lowest BCUT2D eigenvalue weighted by Crippen LogP contribution is -2.48. The van der Waals surface area contributed by atoms with Crippen LogP contribution >= 0.6 is 0 Å². The molecule has 5 nitrogen and oxygen atoms in total. The first-order valence-corrected chi connectivity index (χ1v) is 8.03. The SMILES string of the molecule is O=C(NC(C(=O)O)C1CCCOC1)c1ccc(CCC(F)(F)F)cc1. The van der Waals surface area contributed by atoms with Crippen LogP contribution in [0, 0.1) is 5.92 Å². The molecule has 1 saturated heterocycles. The summed E-state index contributed by atoms with van der Waals surface area (Å²) in [4.78, 5) is 23.7. The number of amides is 1. The van der Waals surface area contributed by atoms with E-state index < -0.39 is 30.5 Å². The fourth-order valence-corrected chi connectivity index (χ4v) is 2.74. The van der Waals surface area contributed by atoms with E-state index in [-0.39, 0.29) is 24.5 Å². The minimum atomic E-state index is -4.23. The minimum Gasteiger partial charge on any atom is -0.480 e. The molecule has 1 aliphatic rings. The van der Waals surface area contributed by atoms with Crippen LogP contribution in [0.25, 0.3) is 0 Å². The zero-order valence-electron chi connectivity index (χ0n) is 13.5. The van der Waals surface area contributed by atoms with Crippen LogP contribution in [0.5, 0.6) is 0 Å². The Morgan fingerprint density at radius 3 is 2.48 bits per heavy atom. The van der Waals surface area contributed by atoms with Crippen molar-refractivity contribution in [1.29, 1.82) is 0 Å². The van der Waals surface area contributed by atoms with Crippen LogP contribution in [0.3, 0.4) is 0 Å². The van der Waals surface area contributed by atoms with Crippen LogP contribution in [-0.2, 0) is 16.0 Å². The molecule has 1 fully saturated rings. The van der Waals surface area contributed by atoms with Crippen molar-refractivity contribution in [2.75, 3.05) is 13.2 Å². The van der Waals surface area contributed by atoms with Gasteiger partial charge in [-0.2, -0.15) is 13.2 Å². The molecule has 1 aromatic rings. The number of carbonyl (C=O) groups is 2. The quantitative estimate of drug-likeness (QED) is 0.819. The van der Waals surface area contributed by atoms with Crippen molar-refractivity contribution in [3.63, 3.8) is 0 Å². The van der Waals surface area contributed by atoms with Gasteiger partial charge in [0.2, 0.25) is 0 Å². The monoisotopic (exact) mass is 359 g/mol. The first kappa shape index (κ1) is 19.2. The molecule has 0 aliphatic carbocycles. The highest BCUT2D eigenvalue weighted by molar-refractivity contribution is 5.96. The standard InChI is InChI=1S/C17H20F3NO4/c18-17(19,20)8-7-11-3-5-12(6-4-11)15(22)21-14(16(23)24)13-2-1-9-25-10-13/h3-6,13-14H,1-2,7-10H2,(H,21,22)(H,23,24). The molecule has 1 aromatic carbocycles. The summed E-state index contributed by atoms with van der Waals surface area (Å²) in [5, 5.41) is 11.8. The third-order valence-corrected chi connectivity index (χ3v) is 4.13. The van der Waals surface area contributed by atoms with Crippen molar-refractivity contribution in [1.82, 2.24) is 5.32 Å². The molecule has 1 heterocycles. The van der Waals surface area contributed by atoms with Crippen LogP contribution in [0.1, 0.15) is 35.2 Å². The molecule has 0 saturated carbocycles. The van der Waals surface area contributed by atoms with Crippen LogP contribution < -0.4 is 5.32 Å². The predicted octanol–water partition coefficient (Wildman–Crippen LogP) is 2.79.